The van der Waals surface area contributed by atoms with Crippen molar-refractivity contribution in [3.63, 3.8) is 0 Å². The summed E-state index contributed by atoms with van der Waals surface area (Å²) in [5.74, 6) is 0.958. The number of nitrogens with one attached hydrogen (secondary N) is 1. The van der Waals surface area contributed by atoms with E-state index in [1.54, 1.807) is 11.3 Å². The molecule has 5 heteroatoms. The number of thiazole rings is 1. The quantitative estimate of drug-likeness (QED) is 0.857. The minimum atomic E-state index is 0.930. The molecule has 0 unspecified atom stereocenters. The first kappa shape index (κ1) is 12.1. The molecule has 2 aromatic heterocycles. The summed E-state index contributed by atoms with van der Waals surface area (Å²) in [6.07, 6.45) is 5.93. The predicted molar refractivity (Wildman–Crippen MR) is 71.6 cm³/mol. The lowest BCUT2D eigenvalue weighted by Crippen LogP contribution is -2.09. The highest BCUT2D eigenvalue weighted by Gasteiger charge is 2.03. The van der Waals surface area contributed by atoms with Crippen molar-refractivity contribution in [3.8, 4) is 0 Å². The summed E-state index contributed by atoms with van der Waals surface area (Å²) in [6, 6.07) is 0. The molecule has 0 radical (unpaired) electrons. The summed E-state index contributed by atoms with van der Waals surface area (Å²) in [5, 5.41) is 6.61. The molecule has 2 heterocycles. The van der Waals surface area contributed by atoms with Crippen molar-refractivity contribution in [2.24, 2.45) is 0 Å². The maximum Gasteiger partial charge on any atom is 0.202 e. The van der Waals surface area contributed by atoms with E-state index >= 15 is 0 Å². The first-order chi connectivity index (χ1) is 8.29. The summed E-state index contributed by atoms with van der Waals surface area (Å²) < 4.78 is 2.15. The maximum absolute atomic E-state index is 4.47. The van der Waals surface area contributed by atoms with Crippen LogP contribution >= 0.6 is 11.3 Å². The Hall–Kier alpha value is -1.36. The predicted octanol–water partition coefficient (Wildman–Crippen LogP) is 2.71. The van der Waals surface area contributed by atoms with Gasteiger partial charge in [0.15, 0.2) is 0 Å². The zero-order valence-electron chi connectivity index (χ0n) is 10.3. The van der Waals surface area contributed by atoms with E-state index in [-0.39, 0.29) is 0 Å². The number of anilines is 1. The molecule has 1 N–H and O–H groups in total. The van der Waals surface area contributed by atoms with Gasteiger partial charge in [-0.3, -0.25) is 0 Å². The lowest BCUT2D eigenvalue weighted by Gasteiger charge is -2.07. The van der Waals surface area contributed by atoms with Gasteiger partial charge >= 0.3 is 0 Å². The molecule has 0 aromatic carbocycles. The standard InChI is InChI=1S/C12H18N4S/c1-3-5-13-12-14-6-8-16(12)7-4-11-15-10(2)9-17-11/h6,8-9H,3-5,7H2,1-2H3,(H,13,14). The number of aryl methyl sites for hydroxylation is 3. The monoisotopic (exact) mass is 250 g/mol. The Bertz CT molecular complexity index is 461. The fourth-order valence-electron chi connectivity index (χ4n) is 1.63. The third-order valence-electron chi connectivity index (χ3n) is 2.48. The van der Waals surface area contributed by atoms with Gasteiger partial charge in [0.25, 0.3) is 0 Å². The van der Waals surface area contributed by atoms with Crippen LogP contribution in [0.25, 0.3) is 0 Å². The summed E-state index contributed by atoms with van der Waals surface area (Å²) in [6.45, 7) is 6.08. The topological polar surface area (TPSA) is 42.7 Å². The molecule has 0 aliphatic carbocycles. The molecule has 92 valence electrons. The van der Waals surface area contributed by atoms with Gasteiger partial charge in [-0.25, -0.2) is 9.97 Å². The zero-order chi connectivity index (χ0) is 12.1. The van der Waals surface area contributed by atoms with Crippen LogP contribution in [0.5, 0.6) is 0 Å². The van der Waals surface area contributed by atoms with Gasteiger partial charge < -0.3 is 9.88 Å². The molecule has 0 saturated carbocycles. The van der Waals surface area contributed by atoms with Crippen molar-refractivity contribution in [2.45, 2.75) is 33.2 Å². The molecule has 2 rings (SSSR count). The number of hydrogen-bond acceptors (Lipinski definition) is 4. The van der Waals surface area contributed by atoms with Gasteiger partial charge in [0.1, 0.15) is 0 Å². The fraction of sp³-hybridized carbons (Fsp3) is 0.500. The third-order valence-corrected chi connectivity index (χ3v) is 3.51. The lowest BCUT2D eigenvalue weighted by molar-refractivity contribution is 0.695. The number of hydrogen-bond donors (Lipinski definition) is 1. The number of imidazole rings is 1. The van der Waals surface area contributed by atoms with Crippen LogP contribution in [-0.2, 0) is 13.0 Å². The summed E-state index contributed by atoms with van der Waals surface area (Å²) in [5.41, 5.74) is 1.11. The maximum atomic E-state index is 4.47. The molecule has 17 heavy (non-hydrogen) atoms. The van der Waals surface area contributed by atoms with E-state index in [0.717, 1.165) is 37.6 Å². The Balaban J connectivity index is 1.92. The van der Waals surface area contributed by atoms with Gasteiger partial charge in [-0.15, -0.1) is 11.3 Å². The molecular weight excluding hydrogens is 232 g/mol. The minimum Gasteiger partial charge on any atom is -0.356 e. The van der Waals surface area contributed by atoms with Crippen LogP contribution in [0.3, 0.4) is 0 Å². The van der Waals surface area contributed by atoms with Gasteiger partial charge in [-0.2, -0.15) is 0 Å². The van der Waals surface area contributed by atoms with Crippen LogP contribution in [0.15, 0.2) is 17.8 Å². The summed E-state index contributed by atoms with van der Waals surface area (Å²) in [4.78, 5) is 8.77. The van der Waals surface area contributed by atoms with E-state index in [9.17, 15) is 0 Å². The largest absolute Gasteiger partial charge is 0.356 e. The van der Waals surface area contributed by atoms with Crippen LogP contribution in [-0.4, -0.2) is 21.1 Å². The van der Waals surface area contributed by atoms with E-state index in [1.165, 1.54) is 5.01 Å². The van der Waals surface area contributed by atoms with Crippen LogP contribution in [0.4, 0.5) is 5.95 Å². The summed E-state index contributed by atoms with van der Waals surface area (Å²) in [7, 11) is 0. The smallest absolute Gasteiger partial charge is 0.202 e. The van der Waals surface area contributed by atoms with Gasteiger partial charge in [0, 0.05) is 43.0 Å². The number of nitrogens with zero attached hydrogens (tertiary/aromatic N) is 3. The Kier molecular flexibility index (Phi) is 4.14. The van der Waals surface area contributed by atoms with Crippen molar-refractivity contribution in [2.75, 3.05) is 11.9 Å². The number of aromatic nitrogens is 3. The molecule has 0 fully saturated rings. The molecule has 0 amide bonds. The van der Waals surface area contributed by atoms with Crippen molar-refractivity contribution < 1.29 is 0 Å². The second kappa shape index (κ2) is 5.82. The number of rotatable bonds is 6. The van der Waals surface area contributed by atoms with E-state index in [4.69, 9.17) is 0 Å². The van der Waals surface area contributed by atoms with Gasteiger partial charge in [0.05, 0.1) is 5.01 Å². The average Bonchev–Trinajstić information content (AvgIpc) is 2.92. The van der Waals surface area contributed by atoms with Crippen molar-refractivity contribution in [1.29, 1.82) is 0 Å². The Morgan fingerprint density at radius 1 is 1.47 bits per heavy atom. The highest BCUT2D eigenvalue weighted by molar-refractivity contribution is 7.09. The Labute approximate surface area is 106 Å². The molecule has 0 atom stereocenters. The molecule has 4 nitrogen and oxygen atoms in total. The first-order valence-electron chi connectivity index (χ1n) is 5.95. The van der Waals surface area contributed by atoms with Crippen molar-refractivity contribution in [1.82, 2.24) is 14.5 Å². The fourth-order valence-corrected chi connectivity index (χ4v) is 2.39. The average molecular weight is 250 g/mol. The molecular formula is C12H18N4S. The van der Waals surface area contributed by atoms with Crippen molar-refractivity contribution in [3.05, 3.63) is 28.5 Å². The normalized spacial score (nSPS) is 10.7. The molecule has 0 aliphatic heterocycles. The van der Waals surface area contributed by atoms with Gasteiger partial charge in [-0.1, -0.05) is 6.92 Å². The Morgan fingerprint density at radius 3 is 3.06 bits per heavy atom. The zero-order valence-corrected chi connectivity index (χ0v) is 11.1. The molecule has 0 aliphatic rings. The van der Waals surface area contributed by atoms with Gasteiger partial charge in [-0.05, 0) is 13.3 Å². The summed E-state index contributed by atoms with van der Waals surface area (Å²) >= 11 is 1.73. The van der Waals surface area contributed by atoms with E-state index in [2.05, 4.69) is 32.2 Å². The third kappa shape index (κ3) is 3.30. The highest BCUT2D eigenvalue weighted by atomic mass is 32.1. The van der Waals surface area contributed by atoms with Crippen molar-refractivity contribution >= 4 is 17.3 Å². The molecule has 0 bridgehead atoms. The second-order valence-electron chi connectivity index (χ2n) is 4.00. The first-order valence-corrected chi connectivity index (χ1v) is 6.83. The van der Waals surface area contributed by atoms with E-state index < -0.39 is 0 Å². The molecule has 2 aromatic rings. The lowest BCUT2D eigenvalue weighted by atomic mass is 10.4. The SMILES string of the molecule is CCCNc1nccn1CCc1nc(C)cs1. The molecule has 0 spiro atoms. The molecule has 0 saturated heterocycles. The van der Waals surface area contributed by atoms with E-state index in [0.29, 0.717) is 0 Å². The van der Waals surface area contributed by atoms with Gasteiger partial charge in [0.2, 0.25) is 5.95 Å². The van der Waals surface area contributed by atoms with Crippen LogP contribution in [0, 0.1) is 6.92 Å². The van der Waals surface area contributed by atoms with E-state index in [1.807, 2.05) is 19.3 Å². The van der Waals surface area contributed by atoms with Crippen LogP contribution in [0.2, 0.25) is 0 Å². The van der Waals surface area contributed by atoms with Crippen LogP contribution in [0.1, 0.15) is 24.0 Å². The van der Waals surface area contributed by atoms with Crippen LogP contribution < -0.4 is 5.32 Å². The Morgan fingerprint density at radius 2 is 2.35 bits per heavy atom. The highest BCUT2D eigenvalue weighted by Crippen LogP contribution is 2.12. The minimum absolute atomic E-state index is 0.930. The second-order valence-corrected chi connectivity index (χ2v) is 4.95.